The molecule has 6 nitrogen and oxygen atoms in total. The molecule has 1 aromatic rings. The molecule has 0 atom stereocenters. The normalized spacial score (nSPS) is 14.8. The van der Waals surface area contributed by atoms with Crippen LogP contribution in [0.3, 0.4) is 0 Å². The monoisotopic (exact) mass is 299 g/mol. The lowest BCUT2D eigenvalue weighted by Crippen LogP contribution is -2.40. The molecule has 0 saturated heterocycles. The van der Waals surface area contributed by atoms with E-state index in [0.717, 1.165) is 5.56 Å². The Balaban J connectivity index is 2.19. The average Bonchev–Trinajstić information content (AvgIpc) is 2.34. The Morgan fingerprint density at radius 1 is 1.35 bits per heavy atom. The van der Waals surface area contributed by atoms with Crippen molar-refractivity contribution in [1.82, 2.24) is 14.9 Å². The number of aromatic nitrogens is 2. The van der Waals surface area contributed by atoms with Gasteiger partial charge in [-0.05, 0) is 38.8 Å². The van der Waals surface area contributed by atoms with Crippen LogP contribution in [0.4, 0.5) is 4.79 Å². The number of nitrogens with zero attached hydrogens (tertiary/aromatic N) is 3. The summed E-state index contributed by atoms with van der Waals surface area (Å²) in [7, 11) is 1.54. The maximum absolute atomic E-state index is 12.1. The van der Waals surface area contributed by atoms with Gasteiger partial charge in [0.15, 0.2) is 0 Å². The van der Waals surface area contributed by atoms with Crippen LogP contribution in [0.1, 0.15) is 32.0 Å². The number of halogens is 1. The first-order chi connectivity index (χ1) is 9.30. The van der Waals surface area contributed by atoms with Crippen LogP contribution in [-0.4, -0.2) is 40.2 Å². The zero-order valence-corrected chi connectivity index (χ0v) is 12.8. The third kappa shape index (κ3) is 3.30. The minimum atomic E-state index is -0.516. The highest BCUT2D eigenvalue weighted by Gasteiger charge is 2.28. The number of methoxy groups -OCH3 is 1. The molecular formula is C13H18ClN3O3. The zero-order chi connectivity index (χ0) is 14.9. The summed E-state index contributed by atoms with van der Waals surface area (Å²) in [5, 5.41) is 0.117. The second-order valence-corrected chi connectivity index (χ2v) is 5.92. The number of fused-ring (bicyclic) bond motifs is 1. The number of rotatable bonds is 1. The first kappa shape index (κ1) is 14.8. The third-order valence-electron chi connectivity index (χ3n) is 2.84. The molecule has 1 aromatic heterocycles. The molecule has 0 N–H and O–H groups in total. The summed E-state index contributed by atoms with van der Waals surface area (Å²) >= 11 is 5.86. The van der Waals surface area contributed by atoms with E-state index in [1.807, 2.05) is 20.8 Å². The fourth-order valence-electron chi connectivity index (χ4n) is 2.02. The molecular weight excluding hydrogens is 282 g/mol. The molecule has 0 fully saturated rings. The predicted molar refractivity (Wildman–Crippen MR) is 73.9 cm³/mol. The summed E-state index contributed by atoms with van der Waals surface area (Å²) in [6, 6.07) is 0. The van der Waals surface area contributed by atoms with E-state index in [1.54, 1.807) is 12.0 Å². The largest absolute Gasteiger partial charge is 0.481 e. The Kier molecular flexibility index (Phi) is 4.04. The minimum absolute atomic E-state index is 0.117. The van der Waals surface area contributed by atoms with Crippen molar-refractivity contribution in [2.45, 2.75) is 39.3 Å². The lowest BCUT2D eigenvalue weighted by Gasteiger charge is -2.30. The quantitative estimate of drug-likeness (QED) is 0.745. The molecule has 1 amide bonds. The summed E-state index contributed by atoms with van der Waals surface area (Å²) in [6.07, 6.45) is 0.270. The first-order valence-corrected chi connectivity index (χ1v) is 6.75. The van der Waals surface area contributed by atoms with Gasteiger partial charge in [-0.1, -0.05) is 0 Å². The second kappa shape index (κ2) is 5.44. The van der Waals surface area contributed by atoms with Crippen molar-refractivity contribution in [3.05, 3.63) is 16.5 Å². The molecule has 1 aliphatic rings. The van der Waals surface area contributed by atoms with Crippen molar-refractivity contribution >= 4 is 17.7 Å². The van der Waals surface area contributed by atoms with E-state index in [2.05, 4.69) is 9.97 Å². The van der Waals surface area contributed by atoms with E-state index in [4.69, 9.17) is 21.1 Å². The molecule has 20 heavy (non-hydrogen) atoms. The average molecular weight is 300 g/mol. The molecule has 0 unspecified atom stereocenters. The molecule has 110 valence electrons. The number of hydrogen-bond acceptors (Lipinski definition) is 5. The topological polar surface area (TPSA) is 64.6 Å². The Bertz CT molecular complexity index is 528. The molecule has 2 rings (SSSR count). The molecule has 0 aliphatic carbocycles. The predicted octanol–water partition coefficient (Wildman–Crippen LogP) is 2.43. The molecule has 1 aliphatic heterocycles. The smallest absolute Gasteiger partial charge is 0.410 e. The number of ether oxygens (including phenoxy) is 2. The molecule has 2 heterocycles. The minimum Gasteiger partial charge on any atom is -0.481 e. The summed E-state index contributed by atoms with van der Waals surface area (Å²) in [5.74, 6) is 0.476. The van der Waals surface area contributed by atoms with E-state index in [-0.39, 0.29) is 11.4 Å². The Labute approximate surface area is 123 Å². The van der Waals surface area contributed by atoms with Crippen molar-refractivity contribution in [1.29, 1.82) is 0 Å². The molecule has 0 saturated carbocycles. The van der Waals surface area contributed by atoms with Gasteiger partial charge in [-0.15, -0.1) is 0 Å². The summed E-state index contributed by atoms with van der Waals surface area (Å²) in [6.45, 7) is 6.41. The number of carbonyl (C=O) groups is 1. The highest BCUT2D eigenvalue weighted by Crippen LogP contribution is 2.27. The Morgan fingerprint density at radius 3 is 2.65 bits per heavy atom. The van der Waals surface area contributed by atoms with Crippen molar-refractivity contribution in [3.8, 4) is 5.88 Å². The summed E-state index contributed by atoms with van der Waals surface area (Å²) in [5.41, 5.74) is 1.09. The van der Waals surface area contributed by atoms with E-state index in [0.29, 0.717) is 31.1 Å². The fourth-order valence-corrected chi connectivity index (χ4v) is 2.20. The standard InChI is InChI=1S/C13H18ClN3O3/c1-13(2,3)20-12(18)17-6-5-8-9(7-17)15-11(14)16-10(8)19-4/h5-7H2,1-4H3. The number of hydrogen-bond donors (Lipinski definition) is 0. The van der Waals surface area contributed by atoms with Crippen LogP contribution in [0.25, 0.3) is 0 Å². The highest BCUT2D eigenvalue weighted by molar-refractivity contribution is 6.28. The molecule has 0 radical (unpaired) electrons. The van der Waals surface area contributed by atoms with Crippen LogP contribution >= 0.6 is 11.6 Å². The van der Waals surface area contributed by atoms with Gasteiger partial charge in [-0.2, -0.15) is 4.98 Å². The Morgan fingerprint density at radius 2 is 2.05 bits per heavy atom. The second-order valence-electron chi connectivity index (χ2n) is 5.58. The number of carbonyl (C=O) groups excluding carboxylic acids is 1. The first-order valence-electron chi connectivity index (χ1n) is 6.37. The van der Waals surface area contributed by atoms with Gasteiger partial charge in [0.2, 0.25) is 11.2 Å². The van der Waals surface area contributed by atoms with Gasteiger partial charge in [0.1, 0.15) is 5.60 Å². The zero-order valence-electron chi connectivity index (χ0n) is 12.1. The third-order valence-corrected chi connectivity index (χ3v) is 3.01. The molecule has 0 spiro atoms. The van der Waals surface area contributed by atoms with Gasteiger partial charge in [-0.25, -0.2) is 9.78 Å². The van der Waals surface area contributed by atoms with E-state index in [9.17, 15) is 4.79 Å². The summed E-state index contributed by atoms with van der Waals surface area (Å²) in [4.78, 5) is 21.9. The van der Waals surface area contributed by atoms with Crippen molar-refractivity contribution < 1.29 is 14.3 Å². The highest BCUT2D eigenvalue weighted by atomic mass is 35.5. The summed E-state index contributed by atoms with van der Waals surface area (Å²) < 4.78 is 10.6. The van der Waals surface area contributed by atoms with Gasteiger partial charge in [-0.3, -0.25) is 0 Å². The molecule has 0 aromatic carbocycles. The van der Waals surface area contributed by atoms with Gasteiger partial charge < -0.3 is 14.4 Å². The van der Waals surface area contributed by atoms with Crippen LogP contribution in [0.2, 0.25) is 5.28 Å². The van der Waals surface area contributed by atoms with Crippen LogP contribution in [0.5, 0.6) is 5.88 Å². The van der Waals surface area contributed by atoms with Gasteiger partial charge >= 0.3 is 6.09 Å². The van der Waals surface area contributed by atoms with Crippen LogP contribution in [0, 0.1) is 0 Å². The van der Waals surface area contributed by atoms with E-state index in [1.165, 1.54) is 0 Å². The Hall–Kier alpha value is -1.56. The van der Waals surface area contributed by atoms with Gasteiger partial charge in [0, 0.05) is 12.1 Å². The fraction of sp³-hybridized carbons (Fsp3) is 0.615. The lowest BCUT2D eigenvalue weighted by atomic mass is 10.1. The van der Waals surface area contributed by atoms with Crippen LogP contribution in [0.15, 0.2) is 0 Å². The van der Waals surface area contributed by atoms with E-state index < -0.39 is 5.60 Å². The van der Waals surface area contributed by atoms with E-state index >= 15 is 0 Å². The maximum atomic E-state index is 12.1. The maximum Gasteiger partial charge on any atom is 0.410 e. The lowest BCUT2D eigenvalue weighted by molar-refractivity contribution is 0.0219. The van der Waals surface area contributed by atoms with Crippen molar-refractivity contribution in [2.24, 2.45) is 0 Å². The van der Waals surface area contributed by atoms with Crippen molar-refractivity contribution in [2.75, 3.05) is 13.7 Å². The van der Waals surface area contributed by atoms with Crippen LogP contribution < -0.4 is 4.74 Å². The van der Waals surface area contributed by atoms with Crippen LogP contribution in [-0.2, 0) is 17.7 Å². The van der Waals surface area contributed by atoms with Gasteiger partial charge in [0.25, 0.3) is 0 Å². The SMILES string of the molecule is COc1nc(Cl)nc2c1CCN(C(=O)OC(C)(C)C)C2. The van der Waals surface area contributed by atoms with Gasteiger partial charge in [0.05, 0.1) is 19.3 Å². The van der Waals surface area contributed by atoms with Crippen molar-refractivity contribution in [3.63, 3.8) is 0 Å². The number of amides is 1. The molecule has 0 bridgehead atoms. The molecule has 7 heteroatoms.